The maximum atomic E-state index is 11.4. The Morgan fingerprint density at radius 2 is 2.05 bits per heavy atom. The summed E-state index contributed by atoms with van der Waals surface area (Å²) in [6, 6.07) is 10.2. The second-order valence-electron chi connectivity index (χ2n) is 4.89. The standard InChI is InChI=1S/C15H15N3OS/c1-9-8-14-16-17-15(20-11(3)10(2)19)18(14)13-7-5-4-6-12(9)13/h4-8,11H,1-3H3. The van der Waals surface area contributed by atoms with Crippen LogP contribution in [0.5, 0.6) is 0 Å². The zero-order valence-corrected chi connectivity index (χ0v) is 12.4. The summed E-state index contributed by atoms with van der Waals surface area (Å²) in [6.07, 6.45) is 0. The average Bonchev–Trinajstić information content (AvgIpc) is 2.82. The minimum atomic E-state index is -0.123. The first-order chi connectivity index (χ1) is 9.58. The highest BCUT2D eigenvalue weighted by Crippen LogP contribution is 2.27. The first kappa shape index (κ1) is 13.1. The van der Waals surface area contributed by atoms with Crippen molar-refractivity contribution in [3.63, 3.8) is 0 Å². The molecule has 102 valence electrons. The lowest BCUT2D eigenvalue weighted by Crippen LogP contribution is -2.09. The number of hydrogen-bond donors (Lipinski definition) is 0. The molecule has 0 aliphatic heterocycles. The number of aryl methyl sites for hydroxylation is 1. The Hall–Kier alpha value is -1.88. The van der Waals surface area contributed by atoms with E-state index in [0.29, 0.717) is 0 Å². The summed E-state index contributed by atoms with van der Waals surface area (Å²) in [5.74, 6) is 0.142. The quantitative estimate of drug-likeness (QED) is 0.693. The van der Waals surface area contributed by atoms with Gasteiger partial charge in [0.1, 0.15) is 5.78 Å². The van der Waals surface area contributed by atoms with Gasteiger partial charge in [-0.2, -0.15) is 0 Å². The summed E-state index contributed by atoms with van der Waals surface area (Å²) in [5.41, 5.74) is 3.07. The number of aromatic nitrogens is 3. The van der Waals surface area contributed by atoms with Crippen LogP contribution >= 0.6 is 11.8 Å². The Labute approximate surface area is 121 Å². The van der Waals surface area contributed by atoms with Crippen LogP contribution in [0.1, 0.15) is 19.4 Å². The third-order valence-corrected chi connectivity index (χ3v) is 4.59. The van der Waals surface area contributed by atoms with Crippen molar-refractivity contribution in [2.75, 3.05) is 0 Å². The molecule has 0 aliphatic carbocycles. The van der Waals surface area contributed by atoms with Crippen LogP contribution in [0.2, 0.25) is 0 Å². The topological polar surface area (TPSA) is 47.3 Å². The highest BCUT2D eigenvalue weighted by Gasteiger charge is 2.16. The second-order valence-corrected chi connectivity index (χ2v) is 6.20. The second kappa shape index (κ2) is 4.90. The third kappa shape index (κ3) is 2.08. The van der Waals surface area contributed by atoms with Gasteiger partial charge < -0.3 is 0 Å². The lowest BCUT2D eigenvalue weighted by atomic mass is 10.1. The fraction of sp³-hybridized carbons (Fsp3) is 0.267. The van der Waals surface area contributed by atoms with Gasteiger partial charge in [-0.1, -0.05) is 30.0 Å². The van der Waals surface area contributed by atoms with Crippen LogP contribution in [0, 0.1) is 6.92 Å². The third-order valence-electron chi connectivity index (χ3n) is 3.43. The molecule has 1 aromatic carbocycles. The molecule has 0 N–H and O–H groups in total. The monoisotopic (exact) mass is 285 g/mol. The Bertz CT molecular complexity index is 809. The predicted octanol–water partition coefficient (Wildman–Crippen LogP) is 3.26. The van der Waals surface area contributed by atoms with E-state index >= 15 is 0 Å². The summed E-state index contributed by atoms with van der Waals surface area (Å²) >= 11 is 1.45. The molecule has 3 rings (SSSR count). The van der Waals surface area contributed by atoms with Gasteiger partial charge in [-0.25, -0.2) is 0 Å². The Morgan fingerprint density at radius 1 is 1.30 bits per heavy atom. The van der Waals surface area contributed by atoms with Crippen LogP contribution in [0.15, 0.2) is 35.5 Å². The molecule has 20 heavy (non-hydrogen) atoms. The summed E-state index contributed by atoms with van der Waals surface area (Å²) in [7, 11) is 0. The average molecular weight is 285 g/mol. The molecular weight excluding hydrogens is 270 g/mol. The number of para-hydroxylation sites is 1. The molecule has 0 aliphatic rings. The minimum Gasteiger partial charge on any atom is -0.299 e. The molecule has 5 heteroatoms. The Balaban J connectivity index is 2.25. The van der Waals surface area contributed by atoms with Gasteiger partial charge in [-0.15, -0.1) is 10.2 Å². The molecule has 0 fully saturated rings. The molecule has 0 saturated heterocycles. The van der Waals surface area contributed by atoms with E-state index in [1.165, 1.54) is 22.7 Å². The molecule has 3 aromatic rings. The molecule has 1 atom stereocenters. The maximum Gasteiger partial charge on any atom is 0.196 e. The van der Waals surface area contributed by atoms with Gasteiger partial charge in [0.05, 0.1) is 10.8 Å². The van der Waals surface area contributed by atoms with Gasteiger partial charge in [0.15, 0.2) is 10.8 Å². The largest absolute Gasteiger partial charge is 0.299 e. The lowest BCUT2D eigenvalue weighted by molar-refractivity contribution is -0.116. The van der Waals surface area contributed by atoms with E-state index in [-0.39, 0.29) is 11.0 Å². The fourth-order valence-electron chi connectivity index (χ4n) is 2.19. The molecule has 0 saturated carbocycles. The number of carbonyl (C=O) groups excluding carboxylic acids is 1. The number of carbonyl (C=O) groups is 1. The van der Waals surface area contributed by atoms with E-state index in [9.17, 15) is 4.79 Å². The lowest BCUT2D eigenvalue weighted by Gasteiger charge is -2.09. The predicted molar refractivity (Wildman–Crippen MR) is 81.2 cm³/mol. The number of nitrogens with zero attached hydrogens (tertiary/aromatic N) is 3. The zero-order valence-electron chi connectivity index (χ0n) is 11.6. The molecule has 2 heterocycles. The highest BCUT2D eigenvalue weighted by atomic mass is 32.2. The Kier molecular flexibility index (Phi) is 3.22. The van der Waals surface area contributed by atoms with E-state index in [2.05, 4.69) is 29.3 Å². The van der Waals surface area contributed by atoms with Gasteiger partial charge in [0.25, 0.3) is 0 Å². The number of pyridine rings is 1. The summed E-state index contributed by atoms with van der Waals surface area (Å²) in [4.78, 5) is 11.4. The van der Waals surface area contributed by atoms with Crippen LogP contribution in [0.3, 0.4) is 0 Å². The van der Waals surface area contributed by atoms with Crippen molar-refractivity contribution in [1.82, 2.24) is 14.6 Å². The molecule has 2 aromatic heterocycles. The van der Waals surface area contributed by atoms with Gasteiger partial charge in [0, 0.05) is 5.39 Å². The number of benzene rings is 1. The minimum absolute atomic E-state index is 0.123. The molecule has 0 bridgehead atoms. The van der Waals surface area contributed by atoms with Crippen LogP contribution in [-0.2, 0) is 4.79 Å². The van der Waals surface area contributed by atoms with E-state index in [1.54, 1.807) is 6.92 Å². The maximum absolute atomic E-state index is 11.4. The van der Waals surface area contributed by atoms with Gasteiger partial charge in [0.2, 0.25) is 0 Å². The van der Waals surface area contributed by atoms with Crippen molar-refractivity contribution in [2.45, 2.75) is 31.2 Å². The molecule has 0 spiro atoms. The summed E-state index contributed by atoms with van der Waals surface area (Å²) < 4.78 is 2.02. The van der Waals surface area contributed by atoms with Gasteiger partial charge >= 0.3 is 0 Å². The van der Waals surface area contributed by atoms with Crippen LogP contribution in [-0.4, -0.2) is 25.6 Å². The summed E-state index contributed by atoms with van der Waals surface area (Å²) in [6.45, 7) is 5.57. The number of rotatable bonds is 3. The highest BCUT2D eigenvalue weighted by molar-refractivity contribution is 8.00. The first-order valence-corrected chi connectivity index (χ1v) is 7.36. The molecular formula is C15H15N3OS. The number of fused-ring (bicyclic) bond motifs is 3. The van der Waals surface area contributed by atoms with Crippen molar-refractivity contribution >= 4 is 34.1 Å². The van der Waals surface area contributed by atoms with Crippen LogP contribution in [0.25, 0.3) is 16.6 Å². The van der Waals surface area contributed by atoms with E-state index < -0.39 is 0 Å². The number of ketones is 1. The zero-order chi connectivity index (χ0) is 14.3. The fourth-order valence-corrected chi connectivity index (χ4v) is 3.06. The van der Waals surface area contributed by atoms with Crippen molar-refractivity contribution < 1.29 is 4.79 Å². The van der Waals surface area contributed by atoms with Crippen LogP contribution in [0.4, 0.5) is 0 Å². The molecule has 0 amide bonds. The summed E-state index contributed by atoms with van der Waals surface area (Å²) in [5, 5.41) is 10.3. The molecule has 4 nitrogen and oxygen atoms in total. The van der Waals surface area contributed by atoms with Crippen molar-refractivity contribution in [2.24, 2.45) is 0 Å². The number of hydrogen-bond acceptors (Lipinski definition) is 4. The van der Waals surface area contributed by atoms with Gasteiger partial charge in [-0.3, -0.25) is 9.20 Å². The van der Waals surface area contributed by atoms with Crippen molar-refractivity contribution in [1.29, 1.82) is 0 Å². The number of thioether (sulfide) groups is 1. The van der Waals surface area contributed by atoms with E-state index in [4.69, 9.17) is 0 Å². The van der Waals surface area contributed by atoms with Gasteiger partial charge in [-0.05, 0) is 38.5 Å². The first-order valence-electron chi connectivity index (χ1n) is 6.48. The SMILES string of the molecule is CC(=O)C(C)Sc1nnc2cc(C)c3ccccc3n12. The normalized spacial score (nSPS) is 12.9. The Morgan fingerprint density at radius 3 is 2.80 bits per heavy atom. The number of Topliss-reactive ketones (excluding diaryl/α,β-unsaturated/α-hetero) is 1. The molecule has 0 radical (unpaired) electrons. The van der Waals surface area contributed by atoms with Crippen molar-refractivity contribution in [3.05, 3.63) is 35.9 Å². The molecule has 1 unspecified atom stereocenters. The van der Waals surface area contributed by atoms with Crippen LogP contribution < -0.4 is 0 Å². The van der Waals surface area contributed by atoms with Crippen molar-refractivity contribution in [3.8, 4) is 0 Å². The van der Waals surface area contributed by atoms with E-state index in [1.807, 2.05) is 29.5 Å². The van der Waals surface area contributed by atoms with E-state index in [0.717, 1.165) is 16.3 Å². The smallest absolute Gasteiger partial charge is 0.196 e.